The van der Waals surface area contributed by atoms with Crippen molar-refractivity contribution >= 4 is 34.1 Å². The molecule has 6 rings (SSSR count). The number of piperidine rings is 1. The number of aliphatic hydroxyl groups is 1. The fourth-order valence-corrected chi connectivity index (χ4v) is 6.05. The second-order valence-corrected chi connectivity index (χ2v) is 10.2. The van der Waals surface area contributed by atoms with Gasteiger partial charge in [-0.15, -0.1) is 0 Å². The third kappa shape index (κ3) is 4.05. The second kappa shape index (κ2) is 9.47. The number of hydrogen-bond donors (Lipinski definition) is 1. The van der Waals surface area contributed by atoms with Crippen molar-refractivity contribution in [1.82, 2.24) is 14.4 Å². The lowest BCUT2D eigenvalue weighted by molar-refractivity contribution is -0.135. The van der Waals surface area contributed by atoms with Crippen molar-refractivity contribution in [3.05, 3.63) is 76.6 Å². The summed E-state index contributed by atoms with van der Waals surface area (Å²) in [6, 6.07) is 14.2. The molecule has 36 heavy (non-hydrogen) atoms. The van der Waals surface area contributed by atoms with Gasteiger partial charge >= 0.3 is 0 Å². The minimum atomic E-state index is -0.250. The van der Waals surface area contributed by atoms with E-state index >= 15 is 0 Å². The first-order valence-corrected chi connectivity index (χ1v) is 12.9. The molecule has 0 bridgehead atoms. The zero-order chi connectivity index (χ0) is 24.7. The molecule has 2 aromatic carbocycles. The molecule has 0 saturated carbocycles. The number of carbonyl (C=O) groups is 1. The molecule has 2 saturated heterocycles. The van der Waals surface area contributed by atoms with E-state index in [1.54, 1.807) is 0 Å². The lowest BCUT2D eigenvalue weighted by Crippen LogP contribution is -2.42. The Kier molecular flexibility index (Phi) is 6.15. The summed E-state index contributed by atoms with van der Waals surface area (Å²) in [6.07, 6.45) is 4.86. The molecule has 8 heteroatoms. The standard InChI is InChI=1S/C28H30ClN3O4/c29-21-5-6-22-23(16-32(25(22)15-21)17-27(34)31-11-13-35-14-12-31)26(18-33)30-9-7-28(8-10-30)24-4-2-1-3-20(24)19-36-28/h1-6,15-16,18,33H,7-14,17,19H2/b26-18+. The van der Waals surface area contributed by atoms with Crippen LogP contribution in [0.25, 0.3) is 16.6 Å². The van der Waals surface area contributed by atoms with Gasteiger partial charge in [0.25, 0.3) is 0 Å². The SMILES string of the molecule is O=C(Cn1cc(/C(=C\O)N2CCC3(CC2)OCc2ccccc23)c2ccc(Cl)cc21)N1CCOCC1. The number of likely N-dealkylation sites (tertiary alicyclic amines) is 1. The molecule has 0 aliphatic carbocycles. The van der Waals surface area contributed by atoms with Crippen LogP contribution in [0.4, 0.5) is 0 Å². The van der Waals surface area contributed by atoms with Crippen molar-refractivity contribution in [1.29, 1.82) is 0 Å². The van der Waals surface area contributed by atoms with Gasteiger partial charge < -0.3 is 28.9 Å². The number of carbonyl (C=O) groups excluding carboxylic acids is 1. The summed E-state index contributed by atoms with van der Waals surface area (Å²) in [6.45, 7) is 4.73. The summed E-state index contributed by atoms with van der Waals surface area (Å²) < 4.78 is 13.7. The summed E-state index contributed by atoms with van der Waals surface area (Å²) >= 11 is 6.34. The van der Waals surface area contributed by atoms with E-state index in [2.05, 4.69) is 29.2 Å². The number of benzene rings is 2. The second-order valence-electron chi connectivity index (χ2n) is 9.77. The van der Waals surface area contributed by atoms with Gasteiger partial charge in [-0.2, -0.15) is 0 Å². The molecule has 1 aromatic heterocycles. The number of aliphatic hydroxyl groups excluding tert-OH is 1. The molecule has 2 fully saturated rings. The van der Waals surface area contributed by atoms with Gasteiger partial charge in [-0.05, 0) is 36.1 Å². The minimum Gasteiger partial charge on any atom is -0.513 e. The van der Waals surface area contributed by atoms with Crippen LogP contribution in [-0.2, 0) is 33.0 Å². The molecule has 7 nitrogen and oxygen atoms in total. The van der Waals surface area contributed by atoms with Gasteiger partial charge in [0, 0.05) is 48.3 Å². The summed E-state index contributed by atoms with van der Waals surface area (Å²) in [5.41, 5.74) is 4.84. The molecule has 3 aliphatic rings. The molecule has 188 valence electrons. The van der Waals surface area contributed by atoms with Crippen LogP contribution in [0.5, 0.6) is 0 Å². The first-order valence-electron chi connectivity index (χ1n) is 12.5. The number of nitrogens with zero attached hydrogens (tertiary/aromatic N) is 3. The van der Waals surface area contributed by atoms with E-state index in [0.29, 0.717) is 37.9 Å². The molecule has 1 amide bonds. The summed E-state index contributed by atoms with van der Waals surface area (Å²) in [5.74, 6) is 0.0493. The highest BCUT2D eigenvalue weighted by molar-refractivity contribution is 6.31. The molecule has 0 atom stereocenters. The molecule has 3 aliphatic heterocycles. The van der Waals surface area contributed by atoms with Gasteiger partial charge in [0.1, 0.15) is 12.8 Å². The van der Waals surface area contributed by atoms with E-state index in [0.717, 1.165) is 48.1 Å². The number of aromatic nitrogens is 1. The van der Waals surface area contributed by atoms with E-state index in [4.69, 9.17) is 21.1 Å². The quantitative estimate of drug-likeness (QED) is 0.525. The lowest BCUT2D eigenvalue weighted by Gasteiger charge is -2.41. The number of ether oxygens (including phenoxy) is 2. The third-order valence-corrected chi connectivity index (χ3v) is 8.07. The summed E-state index contributed by atoms with van der Waals surface area (Å²) in [7, 11) is 0. The smallest absolute Gasteiger partial charge is 0.242 e. The number of morpholine rings is 1. The van der Waals surface area contributed by atoms with Crippen molar-refractivity contribution < 1.29 is 19.4 Å². The first-order chi connectivity index (χ1) is 17.6. The van der Waals surface area contributed by atoms with Crippen LogP contribution in [0.2, 0.25) is 5.02 Å². The third-order valence-electron chi connectivity index (χ3n) is 7.84. The van der Waals surface area contributed by atoms with Crippen molar-refractivity contribution in [2.24, 2.45) is 0 Å². The zero-order valence-corrected chi connectivity index (χ0v) is 20.9. The Hall–Kier alpha value is -3.00. The van der Waals surface area contributed by atoms with E-state index < -0.39 is 0 Å². The number of hydrogen-bond acceptors (Lipinski definition) is 5. The molecule has 1 N–H and O–H groups in total. The topological polar surface area (TPSA) is 67.2 Å². The predicted molar refractivity (Wildman–Crippen MR) is 139 cm³/mol. The highest BCUT2D eigenvalue weighted by Gasteiger charge is 2.43. The van der Waals surface area contributed by atoms with Crippen LogP contribution in [0.1, 0.15) is 29.5 Å². The molecular formula is C28H30ClN3O4. The largest absolute Gasteiger partial charge is 0.513 e. The highest BCUT2D eigenvalue weighted by Crippen LogP contribution is 2.45. The highest BCUT2D eigenvalue weighted by atomic mass is 35.5. The van der Waals surface area contributed by atoms with Crippen LogP contribution >= 0.6 is 11.6 Å². The van der Waals surface area contributed by atoms with Crippen LogP contribution in [0.15, 0.2) is 54.9 Å². The van der Waals surface area contributed by atoms with E-state index in [9.17, 15) is 9.90 Å². The van der Waals surface area contributed by atoms with Gasteiger partial charge in [0.2, 0.25) is 5.91 Å². The van der Waals surface area contributed by atoms with Crippen molar-refractivity contribution in [3.63, 3.8) is 0 Å². The first kappa shape index (κ1) is 23.4. The van der Waals surface area contributed by atoms with Crippen LogP contribution < -0.4 is 0 Å². The summed E-state index contributed by atoms with van der Waals surface area (Å²) in [4.78, 5) is 17.1. The molecule has 4 heterocycles. The van der Waals surface area contributed by atoms with Gasteiger partial charge in [0.15, 0.2) is 0 Å². The van der Waals surface area contributed by atoms with Gasteiger partial charge in [0.05, 0.1) is 36.6 Å². The maximum atomic E-state index is 13.0. The Morgan fingerprint density at radius 2 is 1.83 bits per heavy atom. The number of fused-ring (bicyclic) bond motifs is 3. The monoisotopic (exact) mass is 507 g/mol. The fourth-order valence-electron chi connectivity index (χ4n) is 5.89. The minimum absolute atomic E-state index is 0.0493. The lowest BCUT2D eigenvalue weighted by atomic mass is 9.83. The predicted octanol–water partition coefficient (Wildman–Crippen LogP) is 4.53. The molecule has 0 unspecified atom stereocenters. The van der Waals surface area contributed by atoms with Crippen molar-refractivity contribution in [3.8, 4) is 0 Å². The molecule has 1 spiro atoms. The number of rotatable bonds is 4. The normalized spacial score (nSPS) is 19.8. The number of amides is 1. The Balaban J connectivity index is 1.27. The van der Waals surface area contributed by atoms with E-state index in [1.165, 1.54) is 17.4 Å². The van der Waals surface area contributed by atoms with E-state index in [1.807, 2.05) is 33.9 Å². The van der Waals surface area contributed by atoms with Crippen LogP contribution in [0, 0.1) is 0 Å². The van der Waals surface area contributed by atoms with E-state index in [-0.39, 0.29) is 18.1 Å². The molecular weight excluding hydrogens is 478 g/mol. The Morgan fingerprint density at radius 1 is 1.06 bits per heavy atom. The Labute approximate surface area is 215 Å². The summed E-state index contributed by atoms with van der Waals surface area (Å²) in [5, 5.41) is 12.0. The van der Waals surface area contributed by atoms with Gasteiger partial charge in [-0.25, -0.2) is 0 Å². The van der Waals surface area contributed by atoms with Gasteiger partial charge in [-0.1, -0.05) is 41.9 Å². The van der Waals surface area contributed by atoms with Gasteiger partial charge in [-0.3, -0.25) is 4.79 Å². The maximum absolute atomic E-state index is 13.0. The van der Waals surface area contributed by atoms with Crippen molar-refractivity contribution in [2.45, 2.75) is 31.6 Å². The van der Waals surface area contributed by atoms with Crippen LogP contribution in [-0.4, -0.2) is 64.8 Å². The zero-order valence-electron chi connectivity index (χ0n) is 20.2. The maximum Gasteiger partial charge on any atom is 0.242 e. The average Bonchev–Trinajstić information content (AvgIpc) is 3.44. The molecule has 3 aromatic rings. The Bertz CT molecular complexity index is 1320. The van der Waals surface area contributed by atoms with Crippen LogP contribution in [0.3, 0.4) is 0 Å². The fraction of sp³-hybridized carbons (Fsp3) is 0.393. The number of halogens is 1. The Morgan fingerprint density at radius 3 is 2.61 bits per heavy atom. The average molecular weight is 508 g/mol. The molecule has 0 radical (unpaired) electrons. The van der Waals surface area contributed by atoms with Crippen molar-refractivity contribution in [2.75, 3.05) is 39.4 Å².